The zero-order chi connectivity index (χ0) is 23.9. The summed E-state index contributed by atoms with van der Waals surface area (Å²) in [5, 5.41) is 25.9. The summed E-state index contributed by atoms with van der Waals surface area (Å²) < 4.78 is 6.02. The molecule has 2 aliphatic heterocycles. The fraction of sp³-hybridized carbons (Fsp3) is 0.481. The van der Waals surface area contributed by atoms with Crippen molar-refractivity contribution < 1.29 is 24.5 Å². The van der Waals surface area contributed by atoms with Crippen molar-refractivity contribution in [1.82, 2.24) is 10.6 Å². The van der Waals surface area contributed by atoms with Gasteiger partial charge in [0.15, 0.2) is 0 Å². The predicted molar refractivity (Wildman–Crippen MR) is 143 cm³/mol. The van der Waals surface area contributed by atoms with Crippen LogP contribution in [0.4, 0.5) is 0 Å². The quantitative estimate of drug-likeness (QED) is 0.344. The van der Waals surface area contributed by atoms with E-state index < -0.39 is 17.9 Å². The second kappa shape index (κ2) is 14.4. The minimum atomic E-state index is -0.745. The van der Waals surface area contributed by atoms with Crippen LogP contribution >= 0.6 is 24.8 Å². The Bertz CT molecular complexity index is 914. The molecule has 2 heterocycles. The van der Waals surface area contributed by atoms with Crippen molar-refractivity contribution in [2.24, 2.45) is 23.7 Å². The molecule has 2 fully saturated rings. The zero-order valence-corrected chi connectivity index (χ0v) is 21.9. The minimum Gasteiger partial charge on any atom is -0.489 e. The summed E-state index contributed by atoms with van der Waals surface area (Å²) in [5.74, 6) is -1.25. The molecule has 4 atom stereocenters. The van der Waals surface area contributed by atoms with Crippen LogP contribution in [0.1, 0.15) is 29.5 Å². The lowest BCUT2D eigenvalue weighted by Crippen LogP contribution is -2.27. The second-order valence-electron chi connectivity index (χ2n) is 9.56. The Kier molecular flexibility index (Phi) is 12.0. The Hall–Kier alpha value is -2.32. The molecular formula is C27H36Cl2N2O5. The molecule has 4 N–H and O–H groups in total. The molecule has 2 saturated heterocycles. The molecule has 7 nitrogen and oxygen atoms in total. The van der Waals surface area contributed by atoms with Crippen molar-refractivity contribution in [3.8, 4) is 5.75 Å². The highest BCUT2D eigenvalue weighted by Crippen LogP contribution is 2.26. The summed E-state index contributed by atoms with van der Waals surface area (Å²) in [6.07, 6.45) is 2.79. The number of nitrogens with one attached hydrogen (secondary N) is 2. The van der Waals surface area contributed by atoms with Gasteiger partial charge in [-0.05, 0) is 92.5 Å². The summed E-state index contributed by atoms with van der Waals surface area (Å²) in [6, 6.07) is 15.6. The van der Waals surface area contributed by atoms with Crippen LogP contribution in [0.5, 0.6) is 5.75 Å². The van der Waals surface area contributed by atoms with Gasteiger partial charge in [0.25, 0.3) is 0 Å². The van der Waals surface area contributed by atoms with E-state index in [9.17, 15) is 19.8 Å². The van der Waals surface area contributed by atoms with E-state index in [0.29, 0.717) is 25.2 Å². The topological polar surface area (TPSA) is 108 Å². The molecule has 2 aromatic rings. The van der Waals surface area contributed by atoms with E-state index in [1.165, 1.54) is 0 Å². The lowest BCUT2D eigenvalue weighted by molar-refractivity contribution is -0.144. The molecule has 2 aromatic carbocycles. The average molecular weight is 540 g/mol. The van der Waals surface area contributed by atoms with Crippen LogP contribution in [0.25, 0.3) is 0 Å². The van der Waals surface area contributed by atoms with E-state index in [4.69, 9.17) is 4.74 Å². The van der Waals surface area contributed by atoms with E-state index in [1.54, 1.807) is 0 Å². The Balaban J connectivity index is 0.00000228. The molecule has 36 heavy (non-hydrogen) atoms. The molecule has 0 radical (unpaired) electrons. The first-order valence-electron chi connectivity index (χ1n) is 12.2. The first kappa shape index (κ1) is 29.9. The van der Waals surface area contributed by atoms with Gasteiger partial charge in [-0.2, -0.15) is 0 Å². The molecule has 0 aliphatic carbocycles. The number of hydrogen-bond acceptors (Lipinski definition) is 5. The molecule has 198 valence electrons. The number of aliphatic carboxylic acids is 2. The molecule has 2 aliphatic rings. The number of carboxylic acid groups (broad SMARTS) is 2. The van der Waals surface area contributed by atoms with Crippen molar-refractivity contribution in [2.75, 3.05) is 26.2 Å². The van der Waals surface area contributed by atoms with Gasteiger partial charge in [0, 0.05) is 0 Å². The molecule has 0 amide bonds. The molecule has 0 aromatic heterocycles. The minimum absolute atomic E-state index is 0. The monoisotopic (exact) mass is 538 g/mol. The van der Waals surface area contributed by atoms with Crippen molar-refractivity contribution in [1.29, 1.82) is 0 Å². The van der Waals surface area contributed by atoms with Gasteiger partial charge in [-0.3, -0.25) is 9.59 Å². The third-order valence-electron chi connectivity index (χ3n) is 7.18. The van der Waals surface area contributed by atoms with Gasteiger partial charge in [0.2, 0.25) is 0 Å². The number of ether oxygens (including phenoxy) is 1. The maximum atomic E-state index is 11.8. The van der Waals surface area contributed by atoms with Gasteiger partial charge in [0.05, 0.1) is 11.8 Å². The molecule has 4 rings (SSSR count). The zero-order valence-electron chi connectivity index (χ0n) is 20.2. The number of benzene rings is 2. The van der Waals surface area contributed by atoms with Crippen LogP contribution in [0.3, 0.4) is 0 Å². The van der Waals surface area contributed by atoms with E-state index in [0.717, 1.165) is 55.7 Å². The summed E-state index contributed by atoms with van der Waals surface area (Å²) in [5.41, 5.74) is 2.95. The Labute approximate surface area is 224 Å². The van der Waals surface area contributed by atoms with Gasteiger partial charge < -0.3 is 25.6 Å². The summed E-state index contributed by atoms with van der Waals surface area (Å²) in [4.78, 5) is 23.6. The third-order valence-corrected chi connectivity index (χ3v) is 7.18. The highest BCUT2D eigenvalue weighted by atomic mass is 35.5. The van der Waals surface area contributed by atoms with Crippen LogP contribution in [-0.4, -0.2) is 48.3 Å². The lowest BCUT2D eigenvalue weighted by Gasteiger charge is -2.19. The Morgan fingerprint density at radius 2 is 1.31 bits per heavy atom. The summed E-state index contributed by atoms with van der Waals surface area (Å²) >= 11 is 0. The molecule has 9 heteroatoms. The first-order valence-corrected chi connectivity index (χ1v) is 12.2. The van der Waals surface area contributed by atoms with Gasteiger partial charge in [-0.1, -0.05) is 36.4 Å². The maximum absolute atomic E-state index is 11.8. The van der Waals surface area contributed by atoms with Gasteiger partial charge >= 0.3 is 11.9 Å². The SMILES string of the molecule is Cl.Cl.O=C(O)[C@@H](Cc1cccc(COc2cccc(C[C@H](C(=O)O)[C@H]3CCNC3)c2)c1)[C@H]1CCNC1. The van der Waals surface area contributed by atoms with Gasteiger partial charge in [0.1, 0.15) is 12.4 Å². The summed E-state index contributed by atoms with van der Waals surface area (Å²) in [6.45, 7) is 3.64. The van der Waals surface area contributed by atoms with Crippen LogP contribution in [-0.2, 0) is 29.0 Å². The first-order chi connectivity index (χ1) is 16.5. The Morgan fingerprint density at radius 1 is 0.806 bits per heavy atom. The van der Waals surface area contributed by atoms with Crippen molar-refractivity contribution in [3.63, 3.8) is 0 Å². The van der Waals surface area contributed by atoms with Crippen LogP contribution in [0.2, 0.25) is 0 Å². The average Bonchev–Trinajstić information content (AvgIpc) is 3.55. The van der Waals surface area contributed by atoms with E-state index >= 15 is 0 Å². The largest absolute Gasteiger partial charge is 0.489 e. The third kappa shape index (κ3) is 8.10. The van der Waals surface area contributed by atoms with E-state index in [-0.39, 0.29) is 42.6 Å². The summed E-state index contributed by atoms with van der Waals surface area (Å²) in [7, 11) is 0. The molecule has 0 bridgehead atoms. The van der Waals surface area contributed by atoms with Crippen LogP contribution < -0.4 is 15.4 Å². The number of carboxylic acids is 2. The van der Waals surface area contributed by atoms with Crippen LogP contribution in [0, 0.1) is 23.7 Å². The van der Waals surface area contributed by atoms with Gasteiger partial charge in [-0.25, -0.2) is 0 Å². The predicted octanol–water partition coefficient (Wildman–Crippen LogP) is 3.81. The highest BCUT2D eigenvalue weighted by molar-refractivity contribution is 5.85. The molecule has 0 spiro atoms. The second-order valence-corrected chi connectivity index (χ2v) is 9.56. The number of carbonyl (C=O) groups is 2. The van der Waals surface area contributed by atoms with Crippen LogP contribution in [0.15, 0.2) is 48.5 Å². The fourth-order valence-corrected chi connectivity index (χ4v) is 5.24. The maximum Gasteiger partial charge on any atom is 0.307 e. The Morgan fingerprint density at radius 3 is 1.81 bits per heavy atom. The lowest BCUT2D eigenvalue weighted by atomic mass is 9.86. The van der Waals surface area contributed by atoms with Gasteiger partial charge in [-0.15, -0.1) is 24.8 Å². The van der Waals surface area contributed by atoms with Crippen molar-refractivity contribution in [3.05, 3.63) is 65.2 Å². The molecular weight excluding hydrogens is 503 g/mol. The standard InChI is InChI=1S/C27H34N2O5.2ClH/c30-26(31)24(21-7-9-28-15-21)13-18-3-1-5-20(11-18)17-34-23-6-2-4-19(12-23)14-25(27(32)33)22-8-10-29-16-22;;/h1-6,11-12,21-22,24-25,28-29H,7-10,13-17H2,(H,30,31)(H,32,33);2*1H/t21-,22-,24-,25-;;/m0../s1. The smallest absolute Gasteiger partial charge is 0.307 e. The van der Waals surface area contributed by atoms with Crippen molar-refractivity contribution >= 4 is 36.8 Å². The molecule has 0 saturated carbocycles. The van der Waals surface area contributed by atoms with E-state index in [2.05, 4.69) is 10.6 Å². The number of hydrogen-bond donors (Lipinski definition) is 4. The normalized spacial score (nSPS) is 20.6. The van der Waals surface area contributed by atoms with E-state index in [1.807, 2.05) is 48.5 Å². The number of rotatable bonds is 11. The molecule has 0 unspecified atom stereocenters. The fourth-order valence-electron chi connectivity index (χ4n) is 5.24. The number of halogens is 2. The van der Waals surface area contributed by atoms with Crippen molar-refractivity contribution in [2.45, 2.75) is 32.3 Å². The highest BCUT2D eigenvalue weighted by Gasteiger charge is 2.31.